The van der Waals surface area contributed by atoms with Crippen molar-refractivity contribution < 1.29 is 27.5 Å². The van der Waals surface area contributed by atoms with Crippen LogP contribution in [-0.4, -0.2) is 44.2 Å². The molecule has 2 aromatic heterocycles. The molecule has 2 amide bonds. The van der Waals surface area contributed by atoms with Crippen LogP contribution in [0.4, 0.5) is 23.8 Å². The lowest BCUT2D eigenvalue weighted by molar-refractivity contribution is -0.141. The first-order chi connectivity index (χ1) is 14.5. The topological polar surface area (TPSA) is 80.6 Å². The molecule has 0 aliphatic carbocycles. The third-order valence-corrected chi connectivity index (χ3v) is 4.67. The predicted molar refractivity (Wildman–Crippen MR) is 105 cm³/mol. The predicted octanol–water partition coefficient (Wildman–Crippen LogP) is 4.19. The van der Waals surface area contributed by atoms with E-state index in [9.17, 15) is 22.8 Å². The van der Waals surface area contributed by atoms with E-state index in [0.29, 0.717) is 25.2 Å². The van der Waals surface area contributed by atoms with Crippen LogP contribution in [0.1, 0.15) is 57.6 Å². The first-order valence-corrected chi connectivity index (χ1v) is 9.83. The molecule has 1 aliphatic heterocycles. The van der Waals surface area contributed by atoms with Gasteiger partial charge in [0.05, 0.1) is 6.04 Å². The summed E-state index contributed by atoms with van der Waals surface area (Å²) in [6, 6.07) is 2.78. The van der Waals surface area contributed by atoms with Gasteiger partial charge in [0.25, 0.3) is 0 Å². The van der Waals surface area contributed by atoms with E-state index < -0.39 is 29.6 Å². The number of imidazole rings is 1. The molecule has 0 aromatic carbocycles. The molecule has 11 heteroatoms. The number of ether oxygens (including phenoxy) is 1. The Labute approximate surface area is 177 Å². The minimum Gasteiger partial charge on any atom is -0.444 e. The molecule has 0 spiro atoms. The number of hydrogen-bond donors (Lipinski definition) is 0. The van der Waals surface area contributed by atoms with Crippen LogP contribution in [-0.2, 0) is 15.7 Å². The van der Waals surface area contributed by atoms with E-state index in [1.807, 2.05) is 0 Å². The summed E-state index contributed by atoms with van der Waals surface area (Å²) in [4.78, 5) is 34.0. The fraction of sp³-hybridized carbons (Fsp3) is 0.500. The molecule has 3 rings (SSSR count). The van der Waals surface area contributed by atoms with E-state index in [1.165, 1.54) is 34.1 Å². The van der Waals surface area contributed by atoms with Crippen LogP contribution in [0.15, 0.2) is 30.6 Å². The number of piperidine rings is 1. The van der Waals surface area contributed by atoms with Gasteiger partial charge in [-0.1, -0.05) is 6.07 Å². The van der Waals surface area contributed by atoms with Crippen LogP contribution >= 0.6 is 0 Å². The Bertz CT molecular complexity index is 939. The molecule has 0 N–H and O–H groups in total. The Morgan fingerprint density at radius 2 is 2.00 bits per heavy atom. The van der Waals surface area contributed by atoms with Crippen molar-refractivity contribution in [3.63, 3.8) is 0 Å². The van der Waals surface area contributed by atoms with Crippen molar-refractivity contribution in [2.24, 2.45) is 0 Å². The Morgan fingerprint density at radius 1 is 1.26 bits per heavy atom. The van der Waals surface area contributed by atoms with Crippen LogP contribution in [0.5, 0.6) is 0 Å². The summed E-state index contributed by atoms with van der Waals surface area (Å²) in [7, 11) is 0. The Morgan fingerprint density at radius 3 is 2.65 bits per heavy atom. The highest BCUT2D eigenvalue weighted by Crippen LogP contribution is 2.33. The number of hydrogen-bond acceptors (Lipinski definition) is 5. The molecule has 1 saturated heterocycles. The molecule has 1 unspecified atom stereocenters. The Hall–Kier alpha value is -3.11. The first kappa shape index (κ1) is 22.6. The lowest BCUT2D eigenvalue weighted by Crippen LogP contribution is -2.44. The molecule has 8 nitrogen and oxygen atoms in total. The zero-order valence-electron chi connectivity index (χ0n) is 17.5. The molecular formula is C20H24F3N5O3. The van der Waals surface area contributed by atoms with Gasteiger partial charge in [-0.05, 0) is 52.2 Å². The largest absolute Gasteiger partial charge is 0.444 e. The van der Waals surface area contributed by atoms with Crippen molar-refractivity contribution in [1.82, 2.24) is 19.5 Å². The second kappa shape index (κ2) is 8.56. The fourth-order valence-electron chi connectivity index (χ4n) is 3.39. The quantitative estimate of drug-likeness (QED) is 0.668. The third-order valence-electron chi connectivity index (χ3n) is 4.67. The van der Waals surface area contributed by atoms with E-state index in [1.54, 1.807) is 20.8 Å². The van der Waals surface area contributed by atoms with E-state index in [-0.39, 0.29) is 5.82 Å². The highest BCUT2D eigenvalue weighted by Gasteiger charge is 2.36. The number of amides is 2. The van der Waals surface area contributed by atoms with Crippen molar-refractivity contribution >= 4 is 18.3 Å². The maximum Gasteiger partial charge on any atom is 0.433 e. The average molecular weight is 439 g/mol. The summed E-state index contributed by atoms with van der Waals surface area (Å²) in [6.45, 7) is 5.73. The number of carbonyl (C=O) groups excluding carboxylic acids is 2. The molecule has 1 atom stereocenters. The van der Waals surface area contributed by atoms with Gasteiger partial charge in [0, 0.05) is 18.9 Å². The molecule has 0 radical (unpaired) electrons. The number of carbonyl (C=O) groups is 2. The van der Waals surface area contributed by atoms with Gasteiger partial charge in [0.1, 0.15) is 11.3 Å². The minimum atomic E-state index is -4.65. The molecule has 3 heterocycles. The summed E-state index contributed by atoms with van der Waals surface area (Å²) >= 11 is 0. The molecule has 1 aliphatic rings. The lowest BCUT2D eigenvalue weighted by atomic mass is 10.0. The van der Waals surface area contributed by atoms with Crippen LogP contribution in [0.25, 0.3) is 0 Å². The summed E-state index contributed by atoms with van der Waals surface area (Å²) in [5.74, 6) is 0.112. The third kappa shape index (κ3) is 5.15. The number of pyridine rings is 1. The Kier molecular flexibility index (Phi) is 6.23. The van der Waals surface area contributed by atoms with Gasteiger partial charge >= 0.3 is 12.3 Å². The zero-order valence-corrected chi connectivity index (χ0v) is 17.5. The van der Waals surface area contributed by atoms with Crippen LogP contribution in [0, 0.1) is 0 Å². The number of likely N-dealkylation sites (tertiary alicyclic amines) is 1. The normalized spacial score (nSPS) is 17.4. The highest BCUT2D eigenvalue weighted by atomic mass is 19.4. The van der Waals surface area contributed by atoms with Gasteiger partial charge < -0.3 is 4.74 Å². The van der Waals surface area contributed by atoms with E-state index in [2.05, 4.69) is 9.97 Å². The molecule has 0 saturated carbocycles. The molecule has 31 heavy (non-hydrogen) atoms. The maximum absolute atomic E-state index is 13.1. The molecule has 1 fully saturated rings. The number of halogens is 3. The standard InChI is InChI=1S/C20H24F3N5O3/c1-19(2,3)31-18(30)26-11-5-4-7-14(26)17-24-10-12-27(17)28(13-29)16-9-6-8-15(25-16)20(21,22)23/h6,8-10,12-14H,4-5,7,11H2,1-3H3. The van der Waals surface area contributed by atoms with Crippen molar-refractivity contribution in [3.05, 3.63) is 42.1 Å². The highest BCUT2D eigenvalue weighted by molar-refractivity contribution is 5.72. The number of rotatable bonds is 4. The summed E-state index contributed by atoms with van der Waals surface area (Å²) in [6.07, 6.45) is 0.214. The second-order valence-corrected chi connectivity index (χ2v) is 8.14. The molecular weight excluding hydrogens is 415 g/mol. The lowest BCUT2D eigenvalue weighted by Gasteiger charge is -2.37. The fourth-order valence-corrected chi connectivity index (χ4v) is 3.39. The Balaban J connectivity index is 1.96. The smallest absolute Gasteiger partial charge is 0.433 e. The van der Waals surface area contributed by atoms with Gasteiger partial charge in [-0.2, -0.15) is 18.2 Å². The minimum absolute atomic E-state index is 0.219. The first-order valence-electron chi connectivity index (χ1n) is 9.83. The van der Waals surface area contributed by atoms with E-state index in [4.69, 9.17) is 4.74 Å². The zero-order chi connectivity index (χ0) is 22.8. The summed E-state index contributed by atoms with van der Waals surface area (Å²) in [5, 5.41) is 0.930. The summed E-state index contributed by atoms with van der Waals surface area (Å²) in [5.41, 5.74) is -1.81. The second-order valence-electron chi connectivity index (χ2n) is 8.14. The number of anilines is 1. The molecule has 0 bridgehead atoms. The molecule has 2 aromatic rings. The van der Waals surface area contributed by atoms with Crippen molar-refractivity contribution in [1.29, 1.82) is 0 Å². The number of alkyl halides is 3. The van der Waals surface area contributed by atoms with Gasteiger partial charge in [-0.25, -0.2) is 19.4 Å². The van der Waals surface area contributed by atoms with Gasteiger partial charge in [0.2, 0.25) is 6.41 Å². The van der Waals surface area contributed by atoms with E-state index >= 15 is 0 Å². The van der Waals surface area contributed by atoms with Crippen molar-refractivity contribution in [2.75, 3.05) is 11.6 Å². The maximum atomic E-state index is 13.1. The van der Waals surface area contributed by atoms with Crippen molar-refractivity contribution in [3.8, 4) is 0 Å². The van der Waals surface area contributed by atoms with E-state index in [0.717, 1.165) is 23.9 Å². The monoisotopic (exact) mass is 439 g/mol. The van der Waals surface area contributed by atoms with Crippen molar-refractivity contribution in [2.45, 2.75) is 57.9 Å². The van der Waals surface area contributed by atoms with Gasteiger partial charge in [-0.3, -0.25) is 9.69 Å². The average Bonchev–Trinajstić information content (AvgIpc) is 3.16. The number of nitrogens with zero attached hydrogens (tertiary/aromatic N) is 5. The number of aromatic nitrogens is 3. The molecule has 168 valence electrons. The van der Waals surface area contributed by atoms with Crippen LogP contribution in [0.2, 0.25) is 0 Å². The van der Waals surface area contributed by atoms with Gasteiger partial charge in [-0.15, -0.1) is 0 Å². The van der Waals surface area contributed by atoms with Crippen LogP contribution in [0.3, 0.4) is 0 Å². The van der Waals surface area contributed by atoms with Gasteiger partial charge in [0.15, 0.2) is 11.6 Å². The SMILES string of the molecule is CC(C)(C)OC(=O)N1CCCCC1c1nccn1N(C=O)c1cccc(C(F)(F)F)n1. The van der Waals surface area contributed by atoms with Crippen LogP contribution < -0.4 is 5.01 Å². The summed E-state index contributed by atoms with van der Waals surface area (Å²) < 4.78 is 46.0.